The monoisotopic (exact) mass is 312 g/mol. The molecule has 1 atom stereocenters. The molecule has 0 heterocycles. The molecule has 1 aromatic rings. The Bertz CT molecular complexity index is 624. The molecule has 0 N–H and O–H groups in total. The molecule has 21 heavy (non-hydrogen) atoms. The normalized spacial score (nSPS) is 12.9. The van der Waals surface area contributed by atoms with Crippen LogP contribution >= 0.6 is 0 Å². The number of aryl methyl sites for hydroxylation is 2. The largest absolute Gasteiger partial charge is 0.347 e. The maximum atomic E-state index is 12.3. The molecular weight excluding hydrogens is 288 g/mol. The molecular formula is C15H24N2O3S. The number of carbonyl (C=O) groups excluding carboxylic acids is 1. The lowest BCUT2D eigenvalue weighted by atomic mass is 10.1. The Hall–Kier alpha value is -1.56. The number of hydrogen-bond donors (Lipinski definition) is 0. The molecule has 118 valence electrons. The van der Waals surface area contributed by atoms with Gasteiger partial charge in [-0.15, -0.1) is 0 Å². The second-order valence-corrected chi connectivity index (χ2v) is 7.34. The fourth-order valence-corrected chi connectivity index (χ4v) is 3.40. The molecule has 0 bridgehead atoms. The van der Waals surface area contributed by atoms with Gasteiger partial charge in [-0.1, -0.05) is 13.0 Å². The summed E-state index contributed by atoms with van der Waals surface area (Å²) in [7, 11) is -0.290. The Kier molecular flexibility index (Phi) is 5.39. The van der Waals surface area contributed by atoms with Gasteiger partial charge < -0.3 is 4.90 Å². The maximum absolute atomic E-state index is 12.3. The summed E-state index contributed by atoms with van der Waals surface area (Å²) in [5.41, 5.74) is 2.61. The van der Waals surface area contributed by atoms with Gasteiger partial charge in [0.1, 0.15) is 6.04 Å². The highest BCUT2D eigenvalue weighted by Gasteiger charge is 2.32. The number of sulfonamides is 1. The van der Waals surface area contributed by atoms with E-state index in [2.05, 4.69) is 0 Å². The smallest absolute Gasteiger partial charge is 0.245 e. The number of amides is 1. The lowest BCUT2D eigenvalue weighted by Gasteiger charge is -2.32. The van der Waals surface area contributed by atoms with Crippen LogP contribution in [0, 0.1) is 13.8 Å². The summed E-state index contributed by atoms with van der Waals surface area (Å²) in [5.74, 6) is -0.221. The summed E-state index contributed by atoms with van der Waals surface area (Å²) in [4.78, 5) is 13.7. The van der Waals surface area contributed by atoms with Crippen molar-refractivity contribution >= 4 is 21.6 Å². The average molecular weight is 312 g/mol. The number of benzene rings is 1. The predicted octanol–water partition coefficient (Wildman–Crippen LogP) is 1.94. The molecule has 0 aliphatic heterocycles. The second kappa shape index (κ2) is 6.47. The Morgan fingerprint density at radius 1 is 1.19 bits per heavy atom. The van der Waals surface area contributed by atoms with Gasteiger partial charge in [-0.25, -0.2) is 8.42 Å². The lowest BCUT2D eigenvalue weighted by Crippen LogP contribution is -2.48. The number of rotatable bonds is 5. The fourth-order valence-electron chi connectivity index (χ4n) is 2.20. The summed E-state index contributed by atoms with van der Waals surface area (Å²) in [6, 6.07) is 4.70. The van der Waals surface area contributed by atoms with Gasteiger partial charge in [-0.05, 0) is 43.5 Å². The van der Waals surface area contributed by atoms with Gasteiger partial charge in [0, 0.05) is 14.1 Å². The topological polar surface area (TPSA) is 57.7 Å². The van der Waals surface area contributed by atoms with E-state index in [-0.39, 0.29) is 5.91 Å². The van der Waals surface area contributed by atoms with Crippen LogP contribution in [0.3, 0.4) is 0 Å². The third kappa shape index (κ3) is 3.97. The Labute approximate surface area is 127 Å². The molecule has 0 saturated heterocycles. The molecule has 0 spiro atoms. The van der Waals surface area contributed by atoms with E-state index < -0.39 is 16.1 Å². The van der Waals surface area contributed by atoms with E-state index in [9.17, 15) is 13.2 Å². The first-order valence-electron chi connectivity index (χ1n) is 6.87. The summed E-state index contributed by atoms with van der Waals surface area (Å²) in [6.07, 6.45) is 1.55. The number of anilines is 1. The van der Waals surface area contributed by atoms with Crippen molar-refractivity contribution in [2.24, 2.45) is 0 Å². The van der Waals surface area contributed by atoms with Crippen LogP contribution in [-0.2, 0) is 14.8 Å². The van der Waals surface area contributed by atoms with Gasteiger partial charge in [0.25, 0.3) is 0 Å². The summed E-state index contributed by atoms with van der Waals surface area (Å²) < 4.78 is 25.6. The fraction of sp³-hybridized carbons (Fsp3) is 0.533. The van der Waals surface area contributed by atoms with Gasteiger partial charge in [-0.3, -0.25) is 9.10 Å². The molecule has 6 heteroatoms. The minimum absolute atomic E-state index is 0.221. The van der Waals surface area contributed by atoms with Crippen LogP contribution < -0.4 is 4.31 Å². The quantitative estimate of drug-likeness (QED) is 0.835. The summed E-state index contributed by atoms with van der Waals surface area (Å²) in [5, 5.41) is 0. The van der Waals surface area contributed by atoms with Gasteiger partial charge in [0.2, 0.25) is 15.9 Å². The molecule has 1 aromatic carbocycles. The molecule has 1 rings (SSSR count). The molecule has 0 aromatic heterocycles. The van der Waals surface area contributed by atoms with Crippen LogP contribution in [0.4, 0.5) is 5.69 Å². The first-order chi connectivity index (χ1) is 9.59. The highest BCUT2D eigenvalue weighted by molar-refractivity contribution is 7.92. The van der Waals surface area contributed by atoms with Crippen molar-refractivity contribution in [1.82, 2.24) is 4.90 Å². The first-order valence-corrected chi connectivity index (χ1v) is 8.72. The SMILES string of the molecule is CC[C@@H](C(=O)N(C)C)N(c1ccc(C)c(C)c1)S(C)(=O)=O. The van der Waals surface area contributed by atoms with Gasteiger partial charge in [0.05, 0.1) is 11.9 Å². The third-order valence-electron chi connectivity index (χ3n) is 3.50. The van der Waals surface area contributed by atoms with Crippen LogP contribution in [0.5, 0.6) is 0 Å². The third-order valence-corrected chi connectivity index (χ3v) is 4.68. The van der Waals surface area contributed by atoms with E-state index in [1.165, 1.54) is 9.21 Å². The van der Waals surface area contributed by atoms with Gasteiger partial charge >= 0.3 is 0 Å². The first kappa shape index (κ1) is 17.5. The molecule has 0 fully saturated rings. The van der Waals surface area contributed by atoms with E-state index in [4.69, 9.17) is 0 Å². The second-order valence-electron chi connectivity index (χ2n) is 5.48. The van der Waals surface area contributed by atoms with Crippen molar-refractivity contribution in [3.8, 4) is 0 Å². The van der Waals surface area contributed by atoms with Crippen molar-refractivity contribution in [1.29, 1.82) is 0 Å². The zero-order valence-electron chi connectivity index (χ0n) is 13.5. The minimum Gasteiger partial charge on any atom is -0.347 e. The van der Waals surface area contributed by atoms with Crippen LogP contribution in [-0.4, -0.2) is 45.6 Å². The standard InChI is InChI=1S/C15H24N2O3S/c1-7-14(15(18)16(4)5)17(21(6,19)20)13-9-8-11(2)12(3)10-13/h8-10,14H,7H2,1-6H3/t14-/m0/s1. The van der Waals surface area contributed by atoms with Crippen LogP contribution in [0.2, 0.25) is 0 Å². The molecule has 1 amide bonds. The zero-order chi connectivity index (χ0) is 16.4. The molecule has 0 unspecified atom stereocenters. The van der Waals surface area contributed by atoms with Crippen molar-refractivity contribution in [3.05, 3.63) is 29.3 Å². The van der Waals surface area contributed by atoms with E-state index in [0.29, 0.717) is 12.1 Å². The molecule has 0 saturated carbocycles. The molecule has 0 radical (unpaired) electrons. The highest BCUT2D eigenvalue weighted by atomic mass is 32.2. The number of nitrogens with zero attached hydrogens (tertiary/aromatic N) is 2. The number of carbonyl (C=O) groups is 1. The van der Waals surface area contributed by atoms with Crippen LogP contribution in [0.25, 0.3) is 0 Å². The summed E-state index contributed by atoms with van der Waals surface area (Å²) in [6.45, 7) is 5.70. The number of hydrogen-bond acceptors (Lipinski definition) is 3. The van der Waals surface area contributed by atoms with Crippen molar-refractivity contribution in [2.75, 3.05) is 24.7 Å². The Balaban J connectivity index is 3.41. The van der Waals surface area contributed by atoms with Gasteiger partial charge in [-0.2, -0.15) is 0 Å². The van der Waals surface area contributed by atoms with E-state index >= 15 is 0 Å². The predicted molar refractivity (Wildman–Crippen MR) is 86.0 cm³/mol. The Morgan fingerprint density at radius 3 is 2.14 bits per heavy atom. The van der Waals surface area contributed by atoms with Crippen molar-refractivity contribution in [3.63, 3.8) is 0 Å². The van der Waals surface area contributed by atoms with E-state index in [1.807, 2.05) is 32.9 Å². The zero-order valence-corrected chi connectivity index (χ0v) is 14.4. The minimum atomic E-state index is -3.55. The molecule has 0 aliphatic carbocycles. The molecule has 0 aliphatic rings. The van der Waals surface area contributed by atoms with Crippen LogP contribution in [0.15, 0.2) is 18.2 Å². The van der Waals surface area contributed by atoms with Crippen molar-refractivity contribution < 1.29 is 13.2 Å². The molecule has 5 nitrogen and oxygen atoms in total. The highest BCUT2D eigenvalue weighted by Crippen LogP contribution is 2.25. The average Bonchev–Trinajstić information content (AvgIpc) is 2.37. The van der Waals surface area contributed by atoms with Gasteiger partial charge in [0.15, 0.2) is 0 Å². The lowest BCUT2D eigenvalue weighted by molar-refractivity contribution is -0.129. The summed E-state index contributed by atoms with van der Waals surface area (Å²) >= 11 is 0. The maximum Gasteiger partial charge on any atom is 0.245 e. The van der Waals surface area contributed by atoms with Crippen molar-refractivity contribution in [2.45, 2.75) is 33.2 Å². The van der Waals surface area contributed by atoms with E-state index in [1.54, 1.807) is 20.2 Å². The Morgan fingerprint density at radius 2 is 1.76 bits per heavy atom. The van der Waals surface area contributed by atoms with E-state index in [0.717, 1.165) is 17.4 Å². The van der Waals surface area contributed by atoms with Crippen LogP contribution in [0.1, 0.15) is 24.5 Å². The number of likely N-dealkylation sites (N-methyl/N-ethyl adjacent to an activating group) is 1.